The number of carbonyl (C=O) groups is 1. The van der Waals surface area contributed by atoms with Crippen LogP contribution in [0.2, 0.25) is 0 Å². The summed E-state index contributed by atoms with van der Waals surface area (Å²) in [5.41, 5.74) is 4.17. The van der Waals surface area contributed by atoms with Crippen LogP contribution in [0.4, 0.5) is 5.69 Å². The van der Waals surface area contributed by atoms with Crippen LogP contribution in [0.3, 0.4) is 0 Å². The van der Waals surface area contributed by atoms with Gasteiger partial charge in [-0.1, -0.05) is 18.2 Å². The molecule has 1 aromatic heterocycles. The minimum absolute atomic E-state index is 0.0347. The van der Waals surface area contributed by atoms with Crippen LogP contribution in [-0.2, 0) is 13.0 Å². The lowest BCUT2D eigenvalue weighted by atomic mass is 10.0. The van der Waals surface area contributed by atoms with Gasteiger partial charge in [-0.05, 0) is 38.3 Å². The molecule has 1 amide bonds. The zero-order valence-corrected chi connectivity index (χ0v) is 13.9. The Morgan fingerprint density at radius 1 is 1.35 bits per heavy atom. The second-order valence-electron chi connectivity index (χ2n) is 5.96. The molecule has 122 valence electrons. The average molecular weight is 312 g/mol. The first-order chi connectivity index (χ1) is 11.2. The lowest BCUT2D eigenvalue weighted by Crippen LogP contribution is -2.37. The maximum Gasteiger partial charge on any atom is 0.254 e. The van der Waals surface area contributed by atoms with E-state index in [1.165, 1.54) is 17.7 Å². The number of hydrogen-bond donors (Lipinski definition) is 1. The van der Waals surface area contributed by atoms with Gasteiger partial charge in [-0.15, -0.1) is 0 Å². The van der Waals surface area contributed by atoms with Crippen LogP contribution in [0, 0.1) is 6.92 Å². The topological polar surface area (TPSA) is 50.2 Å². The highest BCUT2D eigenvalue weighted by Crippen LogP contribution is 2.25. The molecule has 0 saturated carbocycles. The van der Waals surface area contributed by atoms with Crippen molar-refractivity contribution in [3.63, 3.8) is 0 Å². The second kappa shape index (κ2) is 6.86. The quantitative estimate of drug-likeness (QED) is 0.922. The molecule has 2 aromatic rings. The molecule has 0 radical (unpaired) electrons. The summed E-state index contributed by atoms with van der Waals surface area (Å²) in [5.74, 6) is -0.0347. The molecule has 0 unspecified atom stereocenters. The molecule has 1 aromatic carbocycles. The highest BCUT2D eigenvalue weighted by atomic mass is 16.1. The fourth-order valence-corrected chi connectivity index (χ4v) is 3.15. The third-order valence-corrected chi connectivity index (χ3v) is 4.39. The number of hydrogen-bond acceptors (Lipinski definition) is 3. The molecule has 23 heavy (non-hydrogen) atoms. The van der Waals surface area contributed by atoms with Gasteiger partial charge in [0, 0.05) is 38.1 Å². The lowest BCUT2D eigenvalue weighted by Gasteiger charge is -2.31. The van der Waals surface area contributed by atoms with Crippen molar-refractivity contribution in [3.05, 3.63) is 47.3 Å². The van der Waals surface area contributed by atoms with Gasteiger partial charge in [-0.25, -0.2) is 0 Å². The number of amides is 1. The van der Waals surface area contributed by atoms with E-state index < -0.39 is 0 Å². The zero-order valence-electron chi connectivity index (χ0n) is 13.9. The number of nitrogens with zero attached hydrogens (tertiary/aromatic N) is 3. The molecule has 0 atom stereocenters. The van der Waals surface area contributed by atoms with E-state index in [4.69, 9.17) is 0 Å². The standard InChI is InChI=1S/C18H24N4O/c1-3-22-13-16(14(2)20-22)18(23)19-10-12-21-11-6-8-15-7-4-5-9-17(15)21/h4-5,7,9,13H,3,6,8,10-12H2,1-2H3,(H,19,23). The van der Waals surface area contributed by atoms with Gasteiger partial charge < -0.3 is 10.2 Å². The van der Waals surface area contributed by atoms with Crippen molar-refractivity contribution in [1.29, 1.82) is 0 Å². The van der Waals surface area contributed by atoms with Gasteiger partial charge in [0.2, 0.25) is 0 Å². The first kappa shape index (κ1) is 15.6. The molecule has 5 nitrogen and oxygen atoms in total. The van der Waals surface area contributed by atoms with E-state index >= 15 is 0 Å². The number of nitrogens with one attached hydrogen (secondary N) is 1. The Bertz CT molecular complexity index is 692. The molecule has 0 spiro atoms. The van der Waals surface area contributed by atoms with Gasteiger partial charge in [-0.2, -0.15) is 5.10 Å². The Labute approximate surface area is 137 Å². The van der Waals surface area contributed by atoms with Gasteiger partial charge >= 0.3 is 0 Å². The minimum atomic E-state index is -0.0347. The van der Waals surface area contributed by atoms with Crippen molar-refractivity contribution < 1.29 is 4.79 Å². The smallest absolute Gasteiger partial charge is 0.254 e. The van der Waals surface area contributed by atoms with E-state index in [2.05, 4.69) is 39.6 Å². The number of rotatable bonds is 5. The first-order valence-electron chi connectivity index (χ1n) is 8.34. The van der Waals surface area contributed by atoms with Crippen LogP contribution in [0.1, 0.15) is 35.0 Å². The molecule has 0 aliphatic carbocycles. The Balaban J connectivity index is 1.57. The van der Waals surface area contributed by atoms with Gasteiger partial charge in [0.15, 0.2) is 0 Å². The fraction of sp³-hybridized carbons (Fsp3) is 0.444. The van der Waals surface area contributed by atoms with Crippen molar-refractivity contribution >= 4 is 11.6 Å². The number of aryl methyl sites for hydroxylation is 3. The SMILES string of the molecule is CCn1cc(C(=O)NCCN2CCCc3ccccc32)c(C)n1. The molecular weight excluding hydrogens is 288 g/mol. The van der Waals surface area contributed by atoms with E-state index in [0.29, 0.717) is 12.1 Å². The molecule has 2 heterocycles. The van der Waals surface area contributed by atoms with Gasteiger partial charge in [0.25, 0.3) is 5.91 Å². The van der Waals surface area contributed by atoms with E-state index in [0.717, 1.165) is 31.7 Å². The fourth-order valence-electron chi connectivity index (χ4n) is 3.15. The monoisotopic (exact) mass is 312 g/mol. The average Bonchev–Trinajstić information content (AvgIpc) is 2.96. The van der Waals surface area contributed by atoms with Crippen LogP contribution in [0.25, 0.3) is 0 Å². The largest absolute Gasteiger partial charge is 0.370 e. The number of fused-ring (bicyclic) bond motifs is 1. The van der Waals surface area contributed by atoms with Crippen molar-refractivity contribution in [3.8, 4) is 0 Å². The minimum Gasteiger partial charge on any atom is -0.370 e. The summed E-state index contributed by atoms with van der Waals surface area (Å²) in [6, 6.07) is 8.55. The Kier molecular flexibility index (Phi) is 4.65. The summed E-state index contributed by atoms with van der Waals surface area (Å²) >= 11 is 0. The summed E-state index contributed by atoms with van der Waals surface area (Å²) in [6.45, 7) is 7.20. The molecule has 0 bridgehead atoms. The first-order valence-corrected chi connectivity index (χ1v) is 8.34. The lowest BCUT2D eigenvalue weighted by molar-refractivity contribution is 0.0954. The number of aromatic nitrogens is 2. The normalized spacial score (nSPS) is 13.7. The number of para-hydroxylation sites is 1. The Morgan fingerprint density at radius 2 is 2.17 bits per heavy atom. The summed E-state index contributed by atoms with van der Waals surface area (Å²) in [4.78, 5) is 14.7. The summed E-state index contributed by atoms with van der Waals surface area (Å²) in [5, 5.41) is 7.34. The predicted octanol–water partition coefficient (Wildman–Crippen LogP) is 2.39. The maximum absolute atomic E-state index is 12.3. The Morgan fingerprint density at radius 3 is 2.96 bits per heavy atom. The van der Waals surface area contributed by atoms with Crippen molar-refractivity contribution in [2.75, 3.05) is 24.5 Å². The molecule has 5 heteroatoms. The zero-order chi connectivity index (χ0) is 16.2. The van der Waals surface area contributed by atoms with Crippen molar-refractivity contribution in [1.82, 2.24) is 15.1 Å². The van der Waals surface area contributed by atoms with Gasteiger partial charge in [0.1, 0.15) is 0 Å². The third-order valence-electron chi connectivity index (χ3n) is 4.39. The van der Waals surface area contributed by atoms with Crippen LogP contribution in [0.15, 0.2) is 30.5 Å². The molecule has 3 rings (SSSR count). The highest BCUT2D eigenvalue weighted by Gasteiger charge is 2.17. The van der Waals surface area contributed by atoms with Crippen LogP contribution >= 0.6 is 0 Å². The Hall–Kier alpha value is -2.30. The third kappa shape index (κ3) is 3.38. The molecule has 0 fully saturated rings. The summed E-state index contributed by atoms with van der Waals surface area (Å²) < 4.78 is 1.80. The number of benzene rings is 1. The predicted molar refractivity (Wildman–Crippen MR) is 91.9 cm³/mol. The number of anilines is 1. The highest BCUT2D eigenvalue weighted by molar-refractivity contribution is 5.95. The van der Waals surface area contributed by atoms with Crippen LogP contribution in [-0.4, -0.2) is 35.3 Å². The molecular formula is C18H24N4O. The maximum atomic E-state index is 12.3. The molecule has 1 aliphatic heterocycles. The summed E-state index contributed by atoms with van der Waals surface area (Å²) in [7, 11) is 0. The van der Waals surface area contributed by atoms with Gasteiger partial charge in [0.05, 0.1) is 11.3 Å². The van der Waals surface area contributed by atoms with E-state index in [-0.39, 0.29) is 5.91 Å². The second-order valence-corrected chi connectivity index (χ2v) is 5.96. The van der Waals surface area contributed by atoms with Crippen LogP contribution in [0.5, 0.6) is 0 Å². The van der Waals surface area contributed by atoms with Crippen molar-refractivity contribution in [2.24, 2.45) is 0 Å². The summed E-state index contributed by atoms with van der Waals surface area (Å²) in [6.07, 6.45) is 4.14. The van der Waals surface area contributed by atoms with Gasteiger partial charge in [-0.3, -0.25) is 9.48 Å². The molecule has 1 aliphatic rings. The number of carbonyl (C=O) groups excluding carboxylic acids is 1. The van der Waals surface area contributed by atoms with Crippen molar-refractivity contribution in [2.45, 2.75) is 33.2 Å². The van der Waals surface area contributed by atoms with E-state index in [1.54, 1.807) is 4.68 Å². The van der Waals surface area contributed by atoms with E-state index in [9.17, 15) is 4.79 Å². The van der Waals surface area contributed by atoms with Crippen LogP contribution < -0.4 is 10.2 Å². The van der Waals surface area contributed by atoms with E-state index in [1.807, 2.05) is 20.0 Å². The molecule has 0 saturated heterocycles. The molecule has 1 N–H and O–H groups in total.